The fraction of sp³-hybridized carbons (Fsp3) is 0.400. The minimum absolute atomic E-state index is 0.115. The third-order valence-corrected chi connectivity index (χ3v) is 3.08. The molecular weight excluding hydrogens is 240 g/mol. The summed E-state index contributed by atoms with van der Waals surface area (Å²) in [4.78, 5) is 13.5. The van der Waals surface area contributed by atoms with Gasteiger partial charge >= 0.3 is 0 Å². The molecular formula is C15H18N2O2. The molecule has 0 radical (unpaired) electrons. The van der Waals surface area contributed by atoms with Crippen molar-refractivity contribution in [2.45, 2.75) is 13.0 Å². The van der Waals surface area contributed by atoms with E-state index in [2.05, 4.69) is 22.1 Å². The topological polar surface area (TPSA) is 52.6 Å². The summed E-state index contributed by atoms with van der Waals surface area (Å²) in [7, 11) is 0. The zero-order valence-electron chi connectivity index (χ0n) is 10.9. The molecule has 2 rings (SSSR count). The quantitative estimate of drug-likeness (QED) is 0.753. The van der Waals surface area contributed by atoms with Crippen molar-refractivity contribution >= 4 is 5.91 Å². The number of hydrogen-bond donors (Lipinski definition) is 2. The molecule has 4 nitrogen and oxygen atoms in total. The van der Waals surface area contributed by atoms with Gasteiger partial charge in [0.15, 0.2) is 0 Å². The highest BCUT2D eigenvalue weighted by Gasteiger charge is 2.13. The predicted molar refractivity (Wildman–Crippen MR) is 73.3 cm³/mol. The Balaban J connectivity index is 1.93. The molecule has 1 aliphatic rings. The molecule has 1 saturated heterocycles. The standard InChI is InChI=1S/C15H18N2O2/c18-11-1-2-13-3-5-14(6-4-13)12-17-9-7-15(19)16-8-10-17/h3-6,18H,7-12H2,(H,16,19). The molecule has 1 heterocycles. The second-order valence-corrected chi connectivity index (χ2v) is 4.53. The Morgan fingerprint density at radius 1 is 1.26 bits per heavy atom. The lowest BCUT2D eigenvalue weighted by Gasteiger charge is -2.18. The minimum atomic E-state index is -0.115. The Bertz CT molecular complexity index is 485. The van der Waals surface area contributed by atoms with Gasteiger partial charge in [-0.3, -0.25) is 9.69 Å². The second kappa shape index (κ2) is 6.93. The van der Waals surface area contributed by atoms with Gasteiger partial charge in [-0.25, -0.2) is 0 Å². The van der Waals surface area contributed by atoms with Gasteiger partial charge in [0.25, 0.3) is 0 Å². The van der Waals surface area contributed by atoms with Gasteiger partial charge in [-0.05, 0) is 17.7 Å². The van der Waals surface area contributed by atoms with Crippen molar-refractivity contribution < 1.29 is 9.90 Å². The monoisotopic (exact) mass is 258 g/mol. The fourth-order valence-corrected chi connectivity index (χ4v) is 2.06. The summed E-state index contributed by atoms with van der Waals surface area (Å²) in [6, 6.07) is 8.00. The highest BCUT2D eigenvalue weighted by atomic mass is 16.2. The SMILES string of the molecule is O=C1CCN(Cc2ccc(C#CCO)cc2)CCN1. The molecule has 2 N–H and O–H groups in total. The van der Waals surface area contributed by atoms with Gasteiger partial charge < -0.3 is 10.4 Å². The molecule has 0 spiro atoms. The highest BCUT2D eigenvalue weighted by Crippen LogP contribution is 2.08. The number of benzene rings is 1. The molecule has 19 heavy (non-hydrogen) atoms. The summed E-state index contributed by atoms with van der Waals surface area (Å²) in [6.07, 6.45) is 0.570. The van der Waals surface area contributed by atoms with Gasteiger partial charge in [-0.2, -0.15) is 0 Å². The first-order valence-electron chi connectivity index (χ1n) is 6.45. The number of nitrogens with one attached hydrogen (secondary N) is 1. The van der Waals surface area contributed by atoms with Crippen molar-refractivity contribution in [2.24, 2.45) is 0 Å². The van der Waals surface area contributed by atoms with Crippen LogP contribution in [0.2, 0.25) is 0 Å². The number of amides is 1. The van der Waals surface area contributed by atoms with Gasteiger partial charge in [0, 0.05) is 38.2 Å². The maximum absolute atomic E-state index is 11.3. The number of carbonyl (C=O) groups excluding carboxylic acids is 1. The minimum Gasteiger partial charge on any atom is -0.384 e. The second-order valence-electron chi connectivity index (χ2n) is 4.53. The molecule has 0 aliphatic carbocycles. The number of nitrogens with zero attached hydrogens (tertiary/aromatic N) is 1. The van der Waals surface area contributed by atoms with Crippen LogP contribution in [0.4, 0.5) is 0 Å². The Morgan fingerprint density at radius 3 is 2.79 bits per heavy atom. The molecule has 100 valence electrons. The smallest absolute Gasteiger partial charge is 0.221 e. The fourth-order valence-electron chi connectivity index (χ4n) is 2.06. The van der Waals surface area contributed by atoms with E-state index < -0.39 is 0 Å². The Labute approximate surface area is 113 Å². The lowest BCUT2D eigenvalue weighted by molar-refractivity contribution is -0.120. The average molecular weight is 258 g/mol. The van der Waals surface area contributed by atoms with E-state index in [4.69, 9.17) is 5.11 Å². The molecule has 1 amide bonds. The van der Waals surface area contributed by atoms with E-state index in [1.165, 1.54) is 5.56 Å². The van der Waals surface area contributed by atoms with Gasteiger partial charge in [0.2, 0.25) is 5.91 Å². The van der Waals surface area contributed by atoms with Gasteiger partial charge in [0.1, 0.15) is 6.61 Å². The Kier molecular flexibility index (Phi) is 4.96. The molecule has 0 aromatic heterocycles. The molecule has 0 bridgehead atoms. The predicted octanol–water partition coefficient (Wildman–Crippen LogP) is 0.352. The zero-order valence-corrected chi connectivity index (χ0v) is 10.9. The largest absolute Gasteiger partial charge is 0.384 e. The van der Waals surface area contributed by atoms with Gasteiger partial charge in [-0.15, -0.1) is 0 Å². The van der Waals surface area contributed by atoms with Crippen molar-refractivity contribution in [1.29, 1.82) is 0 Å². The molecule has 1 aromatic carbocycles. The third kappa shape index (κ3) is 4.40. The normalized spacial score (nSPS) is 16.2. The molecule has 1 aliphatic heterocycles. The summed E-state index contributed by atoms with van der Waals surface area (Å²) in [5.74, 6) is 5.64. The average Bonchev–Trinajstić information content (AvgIpc) is 2.63. The maximum atomic E-state index is 11.3. The van der Waals surface area contributed by atoms with Crippen LogP contribution in [0.15, 0.2) is 24.3 Å². The first kappa shape index (κ1) is 13.6. The van der Waals surface area contributed by atoms with Crippen molar-refractivity contribution in [3.05, 3.63) is 35.4 Å². The van der Waals surface area contributed by atoms with E-state index in [0.717, 1.165) is 31.7 Å². The number of aliphatic hydroxyl groups excluding tert-OH is 1. The molecule has 1 fully saturated rings. The number of aliphatic hydroxyl groups is 1. The Hall–Kier alpha value is -1.83. The summed E-state index contributed by atoms with van der Waals surface area (Å²) >= 11 is 0. The van der Waals surface area contributed by atoms with Crippen LogP contribution in [0.25, 0.3) is 0 Å². The van der Waals surface area contributed by atoms with E-state index in [0.29, 0.717) is 6.42 Å². The van der Waals surface area contributed by atoms with E-state index >= 15 is 0 Å². The number of hydrogen-bond acceptors (Lipinski definition) is 3. The summed E-state index contributed by atoms with van der Waals surface area (Å²) < 4.78 is 0. The summed E-state index contributed by atoms with van der Waals surface area (Å²) in [5, 5.41) is 11.5. The van der Waals surface area contributed by atoms with Crippen LogP contribution in [0, 0.1) is 11.8 Å². The van der Waals surface area contributed by atoms with Gasteiger partial charge in [0.05, 0.1) is 0 Å². The number of carbonyl (C=O) groups is 1. The molecule has 1 aromatic rings. The Morgan fingerprint density at radius 2 is 2.05 bits per heavy atom. The third-order valence-electron chi connectivity index (χ3n) is 3.08. The van der Waals surface area contributed by atoms with Crippen LogP contribution >= 0.6 is 0 Å². The summed E-state index contributed by atoms with van der Waals surface area (Å²) in [6.45, 7) is 3.15. The lowest BCUT2D eigenvalue weighted by atomic mass is 10.1. The van der Waals surface area contributed by atoms with Crippen LogP contribution in [0.3, 0.4) is 0 Å². The van der Waals surface area contributed by atoms with Crippen molar-refractivity contribution in [1.82, 2.24) is 10.2 Å². The van der Waals surface area contributed by atoms with E-state index in [-0.39, 0.29) is 12.5 Å². The van der Waals surface area contributed by atoms with E-state index in [1.807, 2.05) is 24.3 Å². The van der Waals surface area contributed by atoms with E-state index in [1.54, 1.807) is 0 Å². The zero-order chi connectivity index (χ0) is 13.5. The first-order valence-corrected chi connectivity index (χ1v) is 6.45. The molecule has 4 heteroatoms. The molecule has 0 saturated carbocycles. The summed E-state index contributed by atoms with van der Waals surface area (Å²) in [5.41, 5.74) is 2.12. The van der Waals surface area contributed by atoms with Crippen LogP contribution in [0.5, 0.6) is 0 Å². The van der Waals surface area contributed by atoms with Crippen LogP contribution < -0.4 is 5.32 Å². The van der Waals surface area contributed by atoms with E-state index in [9.17, 15) is 4.79 Å². The molecule has 0 unspecified atom stereocenters. The lowest BCUT2D eigenvalue weighted by Crippen LogP contribution is -2.28. The van der Waals surface area contributed by atoms with Crippen molar-refractivity contribution in [3.63, 3.8) is 0 Å². The maximum Gasteiger partial charge on any atom is 0.221 e. The molecule has 0 atom stereocenters. The first-order chi connectivity index (χ1) is 9.28. The van der Waals surface area contributed by atoms with Gasteiger partial charge in [-0.1, -0.05) is 24.0 Å². The highest BCUT2D eigenvalue weighted by molar-refractivity contribution is 5.76. The van der Waals surface area contributed by atoms with Crippen molar-refractivity contribution in [2.75, 3.05) is 26.2 Å². The van der Waals surface area contributed by atoms with Crippen LogP contribution in [-0.2, 0) is 11.3 Å². The number of rotatable bonds is 2. The van der Waals surface area contributed by atoms with Crippen molar-refractivity contribution in [3.8, 4) is 11.8 Å². The van der Waals surface area contributed by atoms with Crippen LogP contribution in [-0.4, -0.2) is 42.2 Å². The van der Waals surface area contributed by atoms with Crippen LogP contribution in [0.1, 0.15) is 17.5 Å².